The van der Waals surface area contributed by atoms with Crippen molar-refractivity contribution in [3.8, 4) is 22.5 Å². The van der Waals surface area contributed by atoms with Crippen molar-refractivity contribution in [2.45, 2.75) is 39.5 Å². The molecule has 0 spiro atoms. The van der Waals surface area contributed by atoms with Gasteiger partial charge in [0.2, 0.25) is 0 Å². The van der Waals surface area contributed by atoms with E-state index in [0.717, 1.165) is 58.6 Å². The van der Waals surface area contributed by atoms with Crippen LogP contribution in [0.5, 0.6) is 0 Å². The zero-order chi connectivity index (χ0) is 22.7. The Bertz CT molecular complexity index is 1350. The summed E-state index contributed by atoms with van der Waals surface area (Å²) in [5.41, 5.74) is 5.42. The van der Waals surface area contributed by atoms with Gasteiger partial charge in [-0.1, -0.05) is 67.0 Å². The third-order valence-corrected chi connectivity index (χ3v) is 5.73. The minimum atomic E-state index is -0.586. The number of rotatable bonds is 7. The van der Waals surface area contributed by atoms with E-state index in [0.29, 0.717) is 12.2 Å². The van der Waals surface area contributed by atoms with Gasteiger partial charge in [-0.25, -0.2) is 9.78 Å². The number of nitrogens with zero attached hydrogens (tertiary/aromatic N) is 3. The Labute approximate surface area is 185 Å². The van der Waals surface area contributed by atoms with Crippen LogP contribution in [0, 0.1) is 6.92 Å². The molecule has 0 aliphatic carbocycles. The van der Waals surface area contributed by atoms with Crippen molar-refractivity contribution < 1.29 is 4.52 Å². The second-order valence-corrected chi connectivity index (χ2v) is 7.91. The Balaban J connectivity index is 1.66. The lowest BCUT2D eigenvalue weighted by atomic mass is 9.96. The van der Waals surface area contributed by atoms with Gasteiger partial charge in [0.05, 0.1) is 5.69 Å². The molecule has 7 nitrogen and oxygen atoms in total. The second-order valence-electron chi connectivity index (χ2n) is 7.91. The highest BCUT2D eigenvalue weighted by Crippen LogP contribution is 2.30. The van der Waals surface area contributed by atoms with Crippen LogP contribution in [-0.4, -0.2) is 19.7 Å². The average Bonchev–Trinajstić information content (AvgIpc) is 3.25. The molecular formula is C25H26N4O3. The van der Waals surface area contributed by atoms with E-state index in [1.807, 2.05) is 55.5 Å². The highest BCUT2D eigenvalue weighted by Gasteiger charge is 2.15. The number of nitrogens with one attached hydrogen (secondary N) is 1. The average molecular weight is 431 g/mol. The molecule has 0 bridgehead atoms. The molecule has 2 aromatic carbocycles. The number of H-pyrrole nitrogens is 1. The molecule has 7 heteroatoms. The number of aromatic amines is 1. The summed E-state index contributed by atoms with van der Waals surface area (Å²) in [4.78, 5) is 31.6. The second kappa shape index (κ2) is 9.18. The van der Waals surface area contributed by atoms with E-state index >= 15 is 0 Å². The number of hydrogen-bond donors (Lipinski definition) is 1. The van der Waals surface area contributed by atoms with Crippen molar-refractivity contribution in [2.24, 2.45) is 7.05 Å². The van der Waals surface area contributed by atoms with Gasteiger partial charge in [-0.2, -0.15) is 0 Å². The van der Waals surface area contributed by atoms with Crippen LogP contribution >= 0.6 is 0 Å². The summed E-state index contributed by atoms with van der Waals surface area (Å²) in [5, 5.41) is 3.82. The van der Waals surface area contributed by atoms with Gasteiger partial charge >= 0.3 is 5.76 Å². The van der Waals surface area contributed by atoms with Crippen LogP contribution in [0.2, 0.25) is 0 Å². The maximum absolute atomic E-state index is 12.9. The first-order valence-corrected chi connectivity index (χ1v) is 10.8. The third kappa shape index (κ3) is 4.32. The molecule has 0 unspecified atom stereocenters. The Morgan fingerprint density at radius 1 is 1.03 bits per heavy atom. The fraction of sp³-hybridized carbons (Fsp3) is 0.280. The van der Waals surface area contributed by atoms with Gasteiger partial charge in [-0.15, -0.1) is 0 Å². The van der Waals surface area contributed by atoms with Crippen molar-refractivity contribution in [1.29, 1.82) is 0 Å². The molecule has 4 rings (SSSR count). The molecule has 0 saturated carbocycles. The van der Waals surface area contributed by atoms with Gasteiger partial charge in [0.25, 0.3) is 5.56 Å². The first kappa shape index (κ1) is 21.5. The summed E-state index contributed by atoms with van der Waals surface area (Å²) in [5.74, 6) is 0.546. The van der Waals surface area contributed by atoms with E-state index in [2.05, 4.69) is 21.6 Å². The van der Waals surface area contributed by atoms with Gasteiger partial charge in [0, 0.05) is 24.6 Å². The minimum absolute atomic E-state index is 0.0213. The summed E-state index contributed by atoms with van der Waals surface area (Å²) < 4.78 is 6.28. The SMILES string of the molecule is CCCCc1nc(C)n(C)c(=O)c1Cc1ccc(-c2ccccc2-c2noc(=O)[nH]2)cc1. The molecule has 0 fully saturated rings. The van der Waals surface area contributed by atoms with E-state index in [1.165, 1.54) is 0 Å². The largest absolute Gasteiger partial charge is 0.439 e. The standard InChI is InChI=1S/C25H26N4O3/c1-4-5-10-22-21(24(30)29(3)16(2)26-22)15-17-11-13-18(14-12-17)19-8-6-7-9-20(19)23-27-25(31)32-28-23/h6-9,11-14H,4-5,10,15H2,1-3H3,(H,27,28,31). The molecule has 0 saturated heterocycles. The van der Waals surface area contributed by atoms with Crippen LogP contribution in [0.15, 0.2) is 62.6 Å². The number of hydrogen-bond acceptors (Lipinski definition) is 5. The van der Waals surface area contributed by atoms with E-state index in [4.69, 9.17) is 4.98 Å². The van der Waals surface area contributed by atoms with Crippen molar-refractivity contribution in [3.63, 3.8) is 0 Å². The zero-order valence-corrected chi connectivity index (χ0v) is 18.5. The first-order chi connectivity index (χ1) is 15.5. The maximum atomic E-state index is 12.9. The lowest BCUT2D eigenvalue weighted by molar-refractivity contribution is 0.388. The highest BCUT2D eigenvalue weighted by atomic mass is 16.5. The molecule has 0 atom stereocenters. The van der Waals surface area contributed by atoms with E-state index < -0.39 is 5.76 Å². The van der Waals surface area contributed by atoms with Gasteiger partial charge in [0.15, 0.2) is 5.82 Å². The Hall–Kier alpha value is -3.74. The molecule has 0 radical (unpaired) electrons. The van der Waals surface area contributed by atoms with Crippen molar-refractivity contribution in [1.82, 2.24) is 19.7 Å². The van der Waals surface area contributed by atoms with E-state index in [1.54, 1.807) is 11.6 Å². The molecule has 0 aliphatic rings. The molecule has 164 valence electrons. The molecule has 2 heterocycles. The van der Waals surface area contributed by atoms with Crippen LogP contribution in [-0.2, 0) is 19.9 Å². The number of aryl methyl sites for hydroxylation is 2. The summed E-state index contributed by atoms with van der Waals surface area (Å²) in [6, 6.07) is 15.8. The van der Waals surface area contributed by atoms with Gasteiger partial charge in [0.1, 0.15) is 5.82 Å². The third-order valence-electron chi connectivity index (χ3n) is 5.73. The minimum Gasteiger partial charge on any atom is -0.300 e. The van der Waals surface area contributed by atoms with Crippen molar-refractivity contribution in [2.75, 3.05) is 0 Å². The molecule has 0 aliphatic heterocycles. The zero-order valence-electron chi connectivity index (χ0n) is 18.5. The van der Waals surface area contributed by atoms with Crippen molar-refractivity contribution in [3.05, 3.63) is 92.1 Å². The highest BCUT2D eigenvalue weighted by molar-refractivity contribution is 5.80. The van der Waals surface area contributed by atoms with Gasteiger partial charge in [-0.05, 0) is 36.5 Å². The topological polar surface area (TPSA) is 93.8 Å². The molecule has 2 aromatic heterocycles. The van der Waals surface area contributed by atoms with E-state index in [-0.39, 0.29) is 5.56 Å². The Morgan fingerprint density at radius 2 is 1.75 bits per heavy atom. The lowest BCUT2D eigenvalue weighted by Gasteiger charge is -2.13. The summed E-state index contributed by atoms with van der Waals surface area (Å²) >= 11 is 0. The monoisotopic (exact) mass is 430 g/mol. The molecule has 32 heavy (non-hydrogen) atoms. The molecule has 0 amide bonds. The molecular weight excluding hydrogens is 404 g/mol. The predicted molar refractivity (Wildman–Crippen MR) is 124 cm³/mol. The first-order valence-electron chi connectivity index (χ1n) is 10.8. The van der Waals surface area contributed by atoms with E-state index in [9.17, 15) is 9.59 Å². The fourth-order valence-electron chi connectivity index (χ4n) is 3.83. The summed E-state index contributed by atoms with van der Waals surface area (Å²) in [7, 11) is 1.77. The van der Waals surface area contributed by atoms with Crippen molar-refractivity contribution >= 4 is 0 Å². The van der Waals surface area contributed by atoms with Gasteiger partial charge < -0.3 is 0 Å². The van der Waals surface area contributed by atoms with Crippen LogP contribution in [0.3, 0.4) is 0 Å². The Morgan fingerprint density at radius 3 is 2.41 bits per heavy atom. The molecule has 1 N–H and O–H groups in total. The maximum Gasteiger partial charge on any atom is 0.439 e. The quantitative estimate of drug-likeness (QED) is 0.478. The van der Waals surface area contributed by atoms with Crippen LogP contribution in [0.4, 0.5) is 0 Å². The lowest BCUT2D eigenvalue weighted by Crippen LogP contribution is -2.27. The normalized spacial score (nSPS) is 11.1. The predicted octanol–water partition coefficient (Wildman–Crippen LogP) is 4.03. The van der Waals surface area contributed by atoms with Crippen LogP contribution < -0.4 is 11.3 Å². The molecule has 4 aromatic rings. The number of unbranched alkanes of at least 4 members (excludes halogenated alkanes) is 1. The van der Waals surface area contributed by atoms with Crippen LogP contribution in [0.1, 0.15) is 42.4 Å². The van der Waals surface area contributed by atoms with Gasteiger partial charge in [-0.3, -0.25) is 18.9 Å². The summed E-state index contributed by atoms with van der Waals surface area (Å²) in [6.07, 6.45) is 3.41. The smallest absolute Gasteiger partial charge is 0.300 e. The fourth-order valence-corrected chi connectivity index (χ4v) is 3.83. The number of aromatic nitrogens is 4. The summed E-state index contributed by atoms with van der Waals surface area (Å²) in [6.45, 7) is 4.01. The number of benzene rings is 2. The Kier molecular flexibility index (Phi) is 6.16. The van der Waals surface area contributed by atoms with Crippen LogP contribution in [0.25, 0.3) is 22.5 Å².